The number of benzene rings is 1. The normalized spacial score (nSPS) is 11.6. The minimum Gasteiger partial charge on any atom is -0.353 e. The summed E-state index contributed by atoms with van der Waals surface area (Å²) in [5.41, 5.74) is 0. The lowest BCUT2D eigenvalue weighted by molar-refractivity contribution is -0.121. The van der Waals surface area contributed by atoms with Gasteiger partial charge in [-0.1, -0.05) is 25.4 Å². The molecule has 0 unspecified atom stereocenters. The van der Waals surface area contributed by atoms with Crippen LogP contribution in [0, 0.1) is 0 Å². The highest BCUT2D eigenvalue weighted by Crippen LogP contribution is 2.13. The van der Waals surface area contributed by atoms with Gasteiger partial charge in [-0.25, -0.2) is 13.1 Å². The molecule has 0 heterocycles. The molecule has 1 rings (SSSR count). The van der Waals surface area contributed by atoms with Crippen molar-refractivity contribution in [2.45, 2.75) is 44.0 Å². The Morgan fingerprint density at radius 2 is 1.76 bits per heavy atom. The number of nitrogens with one attached hydrogen (secondary N) is 2. The molecule has 1 amide bonds. The van der Waals surface area contributed by atoms with Crippen LogP contribution in [0.2, 0.25) is 5.02 Å². The van der Waals surface area contributed by atoms with Crippen LogP contribution in [0.1, 0.15) is 33.1 Å². The smallest absolute Gasteiger partial charge is 0.240 e. The molecule has 7 heteroatoms. The Labute approximate surface area is 131 Å². The number of hydrogen-bond donors (Lipinski definition) is 2. The summed E-state index contributed by atoms with van der Waals surface area (Å²) < 4.78 is 26.4. The Kier molecular flexibility index (Phi) is 7.14. The van der Waals surface area contributed by atoms with Crippen molar-refractivity contribution < 1.29 is 13.2 Å². The first-order valence-electron chi connectivity index (χ1n) is 6.93. The van der Waals surface area contributed by atoms with Gasteiger partial charge in [0.1, 0.15) is 0 Å². The summed E-state index contributed by atoms with van der Waals surface area (Å²) in [6.07, 6.45) is 1.83. The summed E-state index contributed by atoms with van der Waals surface area (Å²) in [4.78, 5) is 11.8. The van der Waals surface area contributed by atoms with Crippen molar-refractivity contribution in [2.75, 3.05) is 6.54 Å². The molecule has 0 aliphatic rings. The van der Waals surface area contributed by atoms with E-state index < -0.39 is 10.0 Å². The van der Waals surface area contributed by atoms with Crippen LogP contribution < -0.4 is 10.0 Å². The molecule has 0 saturated carbocycles. The van der Waals surface area contributed by atoms with E-state index in [0.717, 1.165) is 12.8 Å². The second-order valence-corrected chi connectivity index (χ2v) is 6.89. The zero-order chi connectivity index (χ0) is 15.9. The lowest BCUT2D eigenvalue weighted by Crippen LogP contribution is -2.36. The summed E-state index contributed by atoms with van der Waals surface area (Å²) in [5.74, 6) is -0.150. The molecular formula is C14H21ClN2O3S. The van der Waals surface area contributed by atoms with Crippen LogP contribution >= 0.6 is 11.6 Å². The Morgan fingerprint density at radius 1 is 1.19 bits per heavy atom. The highest BCUT2D eigenvalue weighted by Gasteiger charge is 2.14. The van der Waals surface area contributed by atoms with Gasteiger partial charge in [0.15, 0.2) is 0 Å². The molecule has 0 radical (unpaired) electrons. The molecule has 21 heavy (non-hydrogen) atoms. The number of halogens is 1. The molecule has 2 N–H and O–H groups in total. The van der Waals surface area contributed by atoms with Crippen LogP contribution in [0.5, 0.6) is 0 Å². The third kappa shape index (κ3) is 6.03. The van der Waals surface area contributed by atoms with E-state index in [1.807, 2.05) is 13.8 Å². The second kappa shape index (κ2) is 8.36. The number of carbonyl (C=O) groups excluding carboxylic acids is 1. The van der Waals surface area contributed by atoms with Crippen LogP contribution in [0.4, 0.5) is 0 Å². The highest BCUT2D eigenvalue weighted by atomic mass is 35.5. The molecule has 0 atom stereocenters. The fourth-order valence-corrected chi connectivity index (χ4v) is 2.95. The van der Waals surface area contributed by atoms with E-state index >= 15 is 0 Å². The lowest BCUT2D eigenvalue weighted by atomic mass is 10.1. The zero-order valence-corrected chi connectivity index (χ0v) is 13.8. The van der Waals surface area contributed by atoms with E-state index in [9.17, 15) is 13.2 Å². The number of sulfonamides is 1. The molecule has 0 spiro atoms. The highest BCUT2D eigenvalue weighted by molar-refractivity contribution is 7.89. The van der Waals surface area contributed by atoms with Crippen LogP contribution in [0.25, 0.3) is 0 Å². The summed E-state index contributed by atoms with van der Waals surface area (Å²) in [6.45, 7) is 4.06. The summed E-state index contributed by atoms with van der Waals surface area (Å²) in [6, 6.07) is 6.01. The predicted molar refractivity (Wildman–Crippen MR) is 83.8 cm³/mol. The summed E-state index contributed by atoms with van der Waals surface area (Å²) >= 11 is 5.72. The summed E-state index contributed by atoms with van der Waals surface area (Å²) in [5, 5.41) is 3.33. The van der Waals surface area contributed by atoms with E-state index in [1.54, 1.807) is 0 Å². The third-order valence-corrected chi connectivity index (χ3v) is 4.85. The van der Waals surface area contributed by atoms with Gasteiger partial charge in [-0.3, -0.25) is 4.79 Å². The second-order valence-electron chi connectivity index (χ2n) is 4.68. The van der Waals surface area contributed by atoms with Crippen molar-refractivity contribution in [1.82, 2.24) is 10.0 Å². The van der Waals surface area contributed by atoms with E-state index in [0.29, 0.717) is 5.02 Å². The van der Waals surface area contributed by atoms with Gasteiger partial charge in [-0.15, -0.1) is 0 Å². The first-order chi connectivity index (χ1) is 9.89. The topological polar surface area (TPSA) is 75.3 Å². The lowest BCUT2D eigenvalue weighted by Gasteiger charge is -2.14. The summed E-state index contributed by atoms with van der Waals surface area (Å²) in [7, 11) is -3.60. The van der Waals surface area contributed by atoms with Gasteiger partial charge in [0.2, 0.25) is 15.9 Å². The number of carbonyl (C=O) groups is 1. The first-order valence-corrected chi connectivity index (χ1v) is 8.79. The van der Waals surface area contributed by atoms with E-state index in [-0.39, 0.29) is 29.8 Å². The zero-order valence-electron chi connectivity index (χ0n) is 12.2. The number of rotatable bonds is 8. The molecule has 0 fully saturated rings. The Bertz CT molecular complexity index is 554. The molecule has 1 aromatic carbocycles. The molecule has 118 valence electrons. The fourth-order valence-electron chi connectivity index (χ4n) is 1.79. The molecule has 0 bridgehead atoms. The standard InChI is InChI=1S/C14H21ClN2O3S/c1-3-12(4-2)17-14(18)9-10-16-21(19,20)13-7-5-11(15)6-8-13/h5-8,12,16H,3-4,9-10H2,1-2H3,(H,17,18). The molecule has 0 aromatic heterocycles. The van der Waals surface area contributed by atoms with Gasteiger partial charge in [-0.05, 0) is 37.1 Å². The van der Waals surface area contributed by atoms with Crippen molar-refractivity contribution in [3.63, 3.8) is 0 Å². The number of hydrogen-bond acceptors (Lipinski definition) is 3. The van der Waals surface area contributed by atoms with Gasteiger partial charge in [-0.2, -0.15) is 0 Å². The average Bonchev–Trinajstić information content (AvgIpc) is 2.45. The molecule has 0 saturated heterocycles. The first kappa shape index (κ1) is 17.9. The molecule has 1 aromatic rings. The number of amides is 1. The predicted octanol–water partition coefficient (Wildman–Crippen LogP) is 2.31. The maximum atomic E-state index is 12.0. The van der Waals surface area contributed by atoms with Crippen molar-refractivity contribution in [1.29, 1.82) is 0 Å². The fraction of sp³-hybridized carbons (Fsp3) is 0.500. The Hall–Kier alpha value is -1.11. The molecular weight excluding hydrogens is 312 g/mol. The van der Waals surface area contributed by atoms with Crippen molar-refractivity contribution in [2.24, 2.45) is 0 Å². The van der Waals surface area contributed by atoms with Crippen molar-refractivity contribution in [3.05, 3.63) is 29.3 Å². The van der Waals surface area contributed by atoms with Gasteiger partial charge in [0.25, 0.3) is 0 Å². The minimum absolute atomic E-state index is 0.0664. The quantitative estimate of drug-likeness (QED) is 0.767. The minimum atomic E-state index is -3.60. The van der Waals surface area contributed by atoms with Crippen LogP contribution in [-0.4, -0.2) is 26.9 Å². The maximum absolute atomic E-state index is 12.0. The molecule has 0 aliphatic carbocycles. The van der Waals surface area contributed by atoms with Crippen molar-refractivity contribution in [3.8, 4) is 0 Å². The van der Waals surface area contributed by atoms with E-state index in [4.69, 9.17) is 11.6 Å². The average molecular weight is 333 g/mol. The van der Waals surface area contributed by atoms with E-state index in [1.165, 1.54) is 24.3 Å². The van der Waals surface area contributed by atoms with Crippen LogP contribution in [0.3, 0.4) is 0 Å². The largest absolute Gasteiger partial charge is 0.353 e. The van der Waals surface area contributed by atoms with Gasteiger partial charge < -0.3 is 5.32 Å². The van der Waals surface area contributed by atoms with E-state index in [2.05, 4.69) is 10.0 Å². The van der Waals surface area contributed by atoms with Crippen molar-refractivity contribution >= 4 is 27.5 Å². The van der Waals surface area contributed by atoms with Gasteiger partial charge in [0.05, 0.1) is 4.90 Å². The maximum Gasteiger partial charge on any atom is 0.240 e. The van der Waals surface area contributed by atoms with Crippen LogP contribution in [-0.2, 0) is 14.8 Å². The third-order valence-electron chi connectivity index (χ3n) is 3.12. The van der Waals surface area contributed by atoms with Crippen LogP contribution in [0.15, 0.2) is 29.2 Å². The Morgan fingerprint density at radius 3 is 2.29 bits per heavy atom. The molecule has 5 nitrogen and oxygen atoms in total. The monoisotopic (exact) mass is 332 g/mol. The Balaban J connectivity index is 2.47. The van der Waals surface area contributed by atoms with Gasteiger partial charge >= 0.3 is 0 Å². The van der Waals surface area contributed by atoms with Gasteiger partial charge in [0, 0.05) is 24.0 Å². The SMILES string of the molecule is CCC(CC)NC(=O)CCNS(=O)(=O)c1ccc(Cl)cc1. The molecule has 0 aliphatic heterocycles.